The molecule has 1 fully saturated rings. The minimum atomic E-state index is 0.425. The van der Waals surface area contributed by atoms with E-state index < -0.39 is 0 Å². The maximum Gasteiger partial charge on any atom is 0.133 e. The van der Waals surface area contributed by atoms with Gasteiger partial charge in [0.1, 0.15) is 11.5 Å². The summed E-state index contributed by atoms with van der Waals surface area (Å²) < 4.78 is 7.25. The van der Waals surface area contributed by atoms with Gasteiger partial charge in [0.2, 0.25) is 0 Å². The Hall–Kier alpha value is -1.62. The average Bonchev–Trinajstić information content (AvgIpc) is 3.00. The second kappa shape index (κ2) is 4.94. The molecule has 1 saturated heterocycles. The molecule has 1 N–H and O–H groups in total. The van der Waals surface area contributed by atoms with Crippen molar-refractivity contribution in [1.29, 1.82) is 0 Å². The van der Waals surface area contributed by atoms with Crippen LogP contribution in [0.1, 0.15) is 42.5 Å². The van der Waals surface area contributed by atoms with Gasteiger partial charge in [-0.1, -0.05) is 11.6 Å². The summed E-state index contributed by atoms with van der Waals surface area (Å²) >= 11 is 0. The van der Waals surface area contributed by atoms with Crippen molar-refractivity contribution in [2.45, 2.75) is 38.8 Å². The number of rotatable bonds is 3. The fourth-order valence-corrected chi connectivity index (χ4v) is 2.52. The van der Waals surface area contributed by atoms with Gasteiger partial charge in [-0.25, -0.2) is 4.98 Å². The van der Waals surface area contributed by atoms with Crippen LogP contribution in [0.4, 0.5) is 0 Å². The molecule has 1 atom stereocenters. The highest BCUT2D eigenvalue weighted by Gasteiger charge is 2.18. The van der Waals surface area contributed by atoms with E-state index in [1.165, 1.54) is 25.0 Å². The summed E-state index contributed by atoms with van der Waals surface area (Å²) in [5.41, 5.74) is 2.19. The highest BCUT2D eigenvalue weighted by molar-refractivity contribution is 5.11. The van der Waals surface area contributed by atoms with Gasteiger partial charge in [0.25, 0.3) is 0 Å². The first kappa shape index (κ1) is 11.5. The van der Waals surface area contributed by atoms with Crippen molar-refractivity contribution in [1.82, 2.24) is 20.0 Å². The van der Waals surface area contributed by atoms with Gasteiger partial charge in [0.05, 0.1) is 18.6 Å². The molecule has 18 heavy (non-hydrogen) atoms. The molecule has 1 unspecified atom stereocenters. The van der Waals surface area contributed by atoms with E-state index in [2.05, 4.69) is 20.0 Å². The monoisotopic (exact) mass is 246 g/mol. The third-order valence-corrected chi connectivity index (χ3v) is 3.42. The lowest BCUT2D eigenvalue weighted by Crippen LogP contribution is -2.28. The zero-order valence-electron chi connectivity index (χ0n) is 10.6. The van der Waals surface area contributed by atoms with E-state index in [9.17, 15) is 0 Å². The molecule has 5 nitrogen and oxygen atoms in total. The quantitative estimate of drug-likeness (QED) is 0.900. The molecule has 0 aromatic carbocycles. The topological polar surface area (TPSA) is 55.9 Å². The van der Waals surface area contributed by atoms with E-state index >= 15 is 0 Å². The Balaban J connectivity index is 1.78. The third-order valence-electron chi connectivity index (χ3n) is 3.42. The van der Waals surface area contributed by atoms with Crippen LogP contribution < -0.4 is 5.32 Å². The first-order chi connectivity index (χ1) is 8.83. The van der Waals surface area contributed by atoms with E-state index in [-0.39, 0.29) is 0 Å². The van der Waals surface area contributed by atoms with Crippen LogP contribution in [-0.2, 0) is 6.54 Å². The lowest BCUT2D eigenvalue weighted by Gasteiger charge is -2.24. The van der Waals surface area contributed by atoms with Crippen molar-refractivity contribution in [3.8, 4) is 0 Å². The molecule has 1 aliphatic heterocycles. The Bertz CT molecular complexity index is 511. The normalized spacial score (nSPS) is 20.2. The summed E-state index contributed by atoms with van der Waals surface area (Å²) in [6.45, 7) is 3.73. The Labute approximate surface area is 106 Å². The molecule has 0 spiro atoms. The summed E-state index contributed by atoms with van der Waals surface area (Å²) in [4.78, 5) is 4.26. The molecule has 0 bridgehead atoms. The number of nitrogens with one attached hydrogen (secondary N) is 1. The first-order valence-corrected chi connectivity index (χ1v) is 6.48. The summed E-state index contributed by atoms with van der Waals surface area (Å²) in [5.74, 6) is 0.849. The summed E-state index contributed by atoms with van der Waals surface area (Å²) in [6, 6.07) is 2.40. The second-order valence-corrected chi connectivity index (χ2v) is 4.88. The molecule has 0 radical (unpaired) electrons. The molecule has 3 heterocycles. The van der Waals surface area contributed by atoms with Crippen LogP contribution in [0.2, 0.25) is 0 Å². The number of imidazole rings is 1. The summed E-state index contributed by atoms with van der Waals surface area (Å²) in [5, 5.41) is 7.58. The van der Waals surface area contributed by atoms with Gasteiger partial charge in [0.15, 0.2) is 0 Å². The maximum atomic E-state index is 5.10. The van der Waals surface area contributed by atoms with E-state index in [4.69, 9.17) is 4.52 Å². The Morgan fingerprint density at radius 2 is 2.44 bits per heavy atom. The van der Waals surface area contributed by atoms with Gasteiger partial charge in [0, 0.05) is 18.3 Å². The number of nitrogens with zero attached hydrogens (tertiary/aromatic N) is 3. The van der Waals surface area contributed by atoms with Crippen LogP contribution >= 0.6 is 0 Å². The predicted octanol–water partition coefficient (Wildman–Crippen LogP) is 2.04. The van der Waals surface area contributed by atoms with Crippen molar-refractivity contribution in [3.05, 3.63) is 35.7 Å². The van der Waals surface area contributed by atoms with Gasteiger partial charge in [-0.3, -0.25) is 0 Å². The molecule has 0 aliphatic carbocycles. The molecule has 0 saturated carbocycles. The average molecular weight is 246 g/mol. The Morgan fingerprint density at radius 3 is 3.17 bits per heavy atom. The van der Waals surface area contributed by atoms with Crippen molar-refractivity contribution in [3.63, 3.8) is 0 Å². The number of aromatic nitrogens is 3. The number of hydrogen-bond acceptors (Lipinski definition) is 4. The van der Waals surface area contributed by atoms with Crippen LogP contribution in [0, 0.1) is 6.92 Å². The van der Waals surface area contributed by atoms with Crippen LogP contribution in [0.5, 0.6) is 0 Å². The zero-order chi connectivity index (χ0) is 12.4. The van der Waals surface area contributed by atoms with E-state index in [1.54, 1.807) is 0 Å². The molecule has 96 valence electrons. The van der Waals surface area contributed by atoms with Gasteiger partial charge in [-0.15, -0.1) is 0 Å². The summed E-state index contributed by atoms with van der Waals surface area (Å²) in [6.07, 6.45) is 7.56. The van der Waals surface area contributed by atoms with Crippen LogP contribution in [0.25, 0.3) is 0 Å². The Kier molecular flexibility index (Phi) is 3.15. The van der Waals surface area contributed by atoms with Crippen LogP contribution in [-0.4, -0.2) is 21.3 Å². The minimum Gasteiger partial charge on any atom is -0.361 e. The van der Waals surface area contributed by atoms with Gasteiger partial charge in [-0.2, -0.15) is 0 Å². The van der Waals surface area contributed by atoms with Crippen LogP contribution in [0.3, 0.4) is 0 Å². The van der Waals surface area contributed by atoms with Crippen molar-refractivity contribution in [2.75, 3.05) is 6.54 Å². The largest absolute Gasteiger partial charge is 0.361 e. The highest BCUT2D eigenvalue weighted by atomic mass is 16.5. The lowest BCUT2D eigenvalue weighted by atomic mass is 10.0. The van der Waals surface area contributed by atoms with Gasteiger partial charge >= 0.3 is 0 Å². The smallest absolute Gasteiger partial charge is 0.133 e. The van der Waals surface area contributed by atoms with E-state index in [0.717, 1.165) is 24.5 Å². The highest BCUT2D eigenvalue weighted by Crippen LogP contribution is 2.23. The van der Waals surface area contributed by atoms with Crippen molar-refractivity contribution < 1.29 is 4.52 Å². The molecular formula is C13H18N4O. The first-order valence-electron chi connectivity index (χ1n) is 6.48. The second-order valence-electron chi connectivity index (χ2n) is 4.88. The molecule has 2 aromatic rings. The maximum absolute atomic E-state index is 5.10. The zero-order valence-corrected chi connectivity index (χ0v) is 10.6. The third kappa shape index (κ3) is 2.31. The number of piperidine rings is 1. The van der Waals surface area contributed by atoms with Crippen LogP contribution in [0.15, 0.2) is 23.1 Å². The predicted molar refractivity (Wildman–Crippen MR) is 67.2 cm³/mol. The SMILES string of the molecule is Cc1cc(Cn2cncc2C2CCCCN2)no1. The van der Waals surface area contributed by atoms with E-state index in [1.807, 2.05) is 25.5 Å². The number of hydrogen-bond donors (Lipinski definition) is 1. The van der Waals surface area contributed by atoms with Crippen molar-refractivity contribution in [2.24, 2.45) is 0 Å². The van der Waals surface area contributed by atoms with Gasteiger partial charge in [-0.05, 0) is 26.3 Å². The van der Waals surface area contributed by atoms with Gasteiger partial charge < -0.3 is 14.4 Å². The molecule has 5 heteroatoms. The van der Waals surface area contributed by atoms with E-state index in [0.29, 0.717) is 6.04 Å². The minimum absolute atomic E-state index is 0.425. The molecule has 3 rings (SSSR count). The standard InChI is InChI=1S/C13H18N4O/c1-10-6-11(16-18-10)8-17-9-14-7-13(17)12-4-2-3-5-15-12/h6-7,9,12,15H,2-5,8H2,1H3. The fourth-order valence-electron chi connectivity index (χ4n) is 2.52. The molecule has 0 amide bonds. The molecule has 2 aromatic heterocycles. The molecular weight excluding hydrogens is 228 g/mol. The fraction of sp³-hybridized carbons (Fsp3) is 0.538. The lowest BCUT2D eigenvalue weighted by molar-refractivity contribution is 0.382. The van der Waals surface area contributed by atoms with Crippen molar-refractivity contribution >= 4 is 0 Å². The Morgan fingerprint density at radius 1 is 1.50 bits per heavy atom. The number of aryl methyl sites for hydroxylation is 1. The summed E-state index contributed by atoms with van der Waals surface area (Å²) in [7, 11) is 0. The molecule has 1 aliphatic rings.